The molecule has 0 spiro atoms. The minimum atomic E-state index is -0.581. The molecule has 0 saturated carbocycles. The van der Waals surface area contributed by atoms with E-state index in [1.165, 1.54) is 5.57 Å². The normalized spacial score (nSPS) is 16.8. The Hall–Kier alpha value is -3.06. The fraction of sp³-hybridized carbons (Fsp3) is 0.318. The van der Waals surface area contributed by atoms with E-state index < -0.39 is 5.95 Å². The Kier molecular flexibility index (Phi) is 5.15. The van der Waals surface area contributed by atoms with Gasteiger partial charge in [0.2, 0.25) is 5.95 Å². The van der Waals surface area contributed by atoms with Gasteiger partial charge < -0.3 is 15.6 Å². The van der Waals surface area contributed by atoms with Gasteiger partial charge >= 0.3 is 0 Å². The van der Waals surface area contributed by atoms with Crippen molar-refractivity contribution in [1.29, 1.82) is 0 Å². The Morgan fingerprint density at radius 3 is 2.97 bits per heavy atom. The van der Waals surface area contributed by atoms with Crippen molar-refractivity contribution in [2.24, 2.45) is 0 Å². The smallest absolute Gasteiger partial charge is 0.253 e. The van der Waals surface area contributed by atoms with Crippen LogP contribution in [0, 0.1) is 12.9 Å². The van der Waals surface area contributed by atoms with Crippen LogP contribution in [-0.4, -0.2) is 41.0 Å². The number of carbonyl (C=O) groups excluding carboxylic acids is 1. The number of likely N-dealkylation sites (N-methyl/N-ethyl adjacent to an activating group) is 1. The summed E-state index contributed by atoms with van der Waals surface area (Å²) in [7, 11) is 1.91. The number of amides is 1. The van der Waals surface area contributed by atoms with Crippen molar-refractivity contribution < 1.29 is 9.18 Å². The second-order valence-electron chi connectivity index (χ2n) is 7.50. The number of H-pyrrole nitrogens is 1. The lowest BCUT2D eigenvalue weighted by Gasteiger charge is -2.23. The van der Waals surface area contributed by atoms with Crippen LogP contribution in [0.15, 0.2) is 35.9 Å². The zero-order valence-electron chi connectivity index (χ0n) is 16.8. The zero-order chi connectivity index (χ0) is 20.5. The molecule has 1 aromatic carbocycles. The van der Waals surface area contributed by atoms with Gasteiger partial charge in [-0.25, -0.2) is 9.97 Å². The molecule has 6 nitrogen and oxygen atoms in total. The van der Waals surface area contributed by atoms with E-state index in [2.05, 4.69) is 38.6 Å². The summed E-state index contributed by atoms with van der Waals surface area (Å²) in [6.45, 7) is 5.09. The van der Waals surface area contributed by atoms with Crippen molar-refractivity contribution in [3.63, 3.8) is 0 Å². The summed E-state index contributed by atoms with van der Waals surface area (Å²) in [5.74, 6) is -0.518. The second kappa shape index (κ2) is 7.75. The highest BCUT2D eigenvalue weighted by Gasteiger charge is 2.28. The summed E-state index contributed by atoms with van der Waals surface area (Å²) in [5, 5.41) is 6.09. The average molecular weight is 393 g/mol. The highest BCUT2D eigenvalue weighted by atomic mass is 19.1. The third-order valence-electron chi connectivity index (χ3n) is 5.33. The van der Waals surface area contributed by atoms with Gasteiger partial charge in [0, 0.05) is 36.0 Å². The largest absolute Gasteiger partial charge is 0.357 e. The van der Waals surface area contributed by atoms with Crippen LogP contribution in [0.4, 0.5) is 4.39 Å². The molecule has 1 unspecified atom stereocenters. The third-order valence-corrected chi connectivity index (χ3v) is 5.33. The van der Waals surface area contributed by atoms with Crippen LogP contribution in [-0.2, 0) is 0 Å². The molecule has 1 aliphatic heterocycles. The Labute approximate surface area is 168 Å². The van der Waals surface area contributed by atoms with Gasteiger partial charge in [0.25, 0.3) is 5.91 Å². The number of halogens is 1. The molecule has 4 rings (SSSR count). The summed E-state index contributed by atoms with van der Waals surface area (Å²) in [5.41, 5.74) is 5.67. The first-order chi connectivity index (χ1) is 14.0. The number of carbonyl (C=O) groups is 1. The molecule has 1 amide bonds. The van der Waals surface area contributed by atoms with E-state index in [9.17, 15) is 9.18 Å². The summed E-state index contributed by atoms with van der Waals surface area (Å²) >= 11 is 0. The number of fused-ring (bicyclic) bond motifs is 2. The van der Waals surface area contributed by atoms with Gasteiger partial charge in [-0.3, -0.25) is 4.79 Å². The van der Waals surface area contributed by atoms with Gasteiger partial charge in [-0.15, -0.1) is 0 Å². The Balaban J connectivity index is 1.77. The maximum atomic E-state index is 14.1. The van der Waals surface area contributed by atoms with E-state index >= 15 is 0 Å². The van der Waals surface area contributed by atoms with Crippen LogP contribution in [0.3, 0.4) is 0 Å². The quantitative estimate of drug-likeness (QED) is 0.580. The van der Waals surface area contributed by atoms with Crippen LogP contribution in [0.2, 0.25) is 0 Å². The van der Waals surface area contributed by atoms with E-state index in [0.29, 0.717) is 23.1 Å². The molecular weight excluding hydrogens is 369 g/mol. The molecule has 0 bridgehead atoms. The molecule has 0 fully saturated rings. The van der Waals surface area contributed by atoms with Gasteiger partial charge in [0.15, 0.2) is 0 Å². The molecule has 0 radical (unpaired) electrons. The van der Waals surface area contributed by atoms with Crippen molar-refractivity contribution in [1.82, 2.24) is 25.6 Å². The molecule has 29 heavy (non-hydrogen) atoms. The number of nitrogens with one attached hydrogen (secondary N) is 3. The first-order valence-electron chi connectivity index (χ1n) is 9.72. The number of aryl methyl sites for hydroxylation is 1. The first-order valence-corrected chi connectivity index (χ1v) is 9.72. The van der Waals surface area contributed by atoms with Crippen molar-refractivity contribution >= 4 is 16.9 Å². The summed E-state index contributed by atoms with van der Waals surface area (Å²) in [6.07, 6.45) is 3.00. The standard InChI is InChI=1S/C22H24FN5O/c1-12(7-8-24-3)9-14-11-25-22(29)16-10-18(27-19(14)16)15-5-4-6-17-20(15)28-21(23)13(2)26-17/h4-7,10,14,24,27H,8-9,11H2,1-3H3,(H,25,29)/b12-7-. The van der Waals surface area contributed by atoms with Gasteiger partial charge in [-0.1, -0.05) is 23.8 Å². The highest BCUT2D eigenvalue weighted by molar-refractivity contribution is 5.99. The maximum Gasteiger partial charge on any atom is 0.253 e. The first kappa shape index (κ1) is 19.3. The number of aromatic amines is 1. The molecule has 3 aromatic rings. The van der Waals surface area contributed by atoms with Gasteiger partial charge in [-0.05, 0) is 39.4 Å². The van der Waals surface area contributed by atoms with Crippen LogP contribution in [0.1, 0.15) is 41.0 Å². The van der Waals surface area contributed by atoms with Crippen LogP contribution < -0.4 is 10.6 Å². The number of para-hydroxylation sites is 1. The van der Waals surface area contributed by atoms with E-state index in [1.54, 1.807) is 6.92 Å². The molecule has 3 heterocycles. The molecule has 1 atom stereocenters. The number of rotatable bonds is 5. The lowest BCUT2D eigenvalue weighted by atomic mass is 9.91. The minimum Gasteiger partial charge on any atom is -0.357 e. The van der Waals surface area contributed by atoms with Crippen molar-refractivity contribution in [3.05, 3.63) is 58.8 Å². The Morgan fingerprint density at radius 2 is 2.17 bits per heavy atom. The zero-order valence-corrected chi connectivity index (χ0v) is 16.8. The molecule has 150 valence electrons. The minimum absolute atomic E-state index is 0.0936. The SMILES string of the molecule is CNC/C=C(/C)CC1CNC(=O)c2cc(-c3cccc4nc(C)c(F)nc34)[nH]c21. The monoisotopic (exact) mass is 393 g/mol. The fourth-order valence-corrected chi connectivity index (χ4v) is 3.82. The third kappa shape index (κ3) is 3.65. The average Bonchev–Trinajstić information content (AvgIpc) is 3.15. The van der Waals surface area contributed by atoms with Crippen LogP contribution >= 0.6 is 0 Å². The second-order valence-corrected chi connectivity index (χ2v) is 7.50. The number of aromatic nitrogens is 3. The number of benzene rings is 1. The van der Waals surface area contributed by atoms with E-state index in [-0.39, 0.29) is 17.5 Å². The van der Waals surface area contributed by atoms with E-state index in [1.807, 2.05) is 31.3 Å². The highest BCUT2D eigenvalue weighted by Crippen LogP contribution is 2.34. The predicted octanol–water partition coefficient (Wildman–Crippen LogP) is 3.46. The van der Waals surface area contributed by atoms with Crippen molar-refractivity contribution in [2.75, 3.05) is 20.1 Å². The molecule has 7 heteroatoms. The number of hydrogen-bond acceptors (Lipinski definition) is 4. The molecular formula is C22H24FN5O. The van der Waals surface area contributed by atoms with Gasteiger partial charge in [0.1, 0.15) is 5.52 Å². The van der Waals surface area contributed by atoms with Crippen molar-refractivity contribution in [3.8, 4) is 11.3 Å². The number of hydrogen-bond donors (Lipinski definition) is 3. The molecule has 3 N–H and O–H groups in total. The number of nitrogens with zero attached hydrogens (tertiary/aromatic N) is 2. The lowest BCUT2D eigenvalue weighted by molar-refractivity contribution is 0.0940. The van der Waals surface area contributed by atoms with Crippen LogP contribution in [0.25, 0.3) is 22.3 Å². The Bertz CT molecular complexity index is 1120. The topological polar surface area (TPSA) is 82.7 Å². The summed E-state index contributed by atoms with van der Waals surface area (Å²) in [6, 6.07) is 7.38. The van der Waals surface area contributed by atoms with Crippen LogP contribution in [0.5, 0.6) is 0 Å². The van der Waals surface area contributed by atoms with Crippen molar-refractivity contribution in [2.45, 2.75) is 26.2 Å². The molecule has 0 saturated heterocycles. The predicted molar refractivity (Wildman–Crippen MR) is 111 cm³/mol. The summed E-state index contributed by atoms with van der Waals surface area (Å²) in [4.78, 5) is 24.3. The molecule has 0 aliphatic carbocycles. The Morgan fingerprint density at radius 1 is 1.34 bits per heavy atom. The van der Waals surface area contributed by atoms with Gasteiger partial charge in [-0.2, -0.15) is 4.39 Å². The molecule has 2 aromatic heterocycles. The maximum absolute atomic E-state index is 14.1. The lowest BCUT2D eigenvalue weighted by Crippen LogP contribution is -2.34. The summed E-state index contributed by atoms with van der Waals surface area (Å²) < 4.78 is 14.1. The number of allylic oxidation sites excluding steroid dienone is 1. The van der Waals surface area contributed by atoms with E-state index in [0.717, 1.165) is 29.9 Å². The molecule has 1 aliphatic rings. The van der Waals surface area contributed by atoms with E-state index in [4.69, 9.17) is 0 Å². The fourth-order valence-electron chi connectivity index (χ4n) is 3.82. The van der Waals surface area contributed by atoms with Gasteiger partial charge in [0.05, 0.1) is 16.8 Å².